The van der Waals surface area contributed by atoms with E-state index in [0.717, 1.165) is 4.90 Å². The highest BCUT2D eigenvalue weighted by Crippen LogP contribution is 2.23. The minimum absolute atomic E-state index is 0.0885. The van der Waals surface area contributed by atoms with E-state index in [-0.39, 0.29) is 19.0 Å². The van der Waals surface area contributed by atoms with E-state index in [4.69, 9.17) is 10.8 Å². The number of aliphatic hydroxyl groups excluding tert-OH is 1. The van der Waals surface area contributed by atoms with Crippen molar-refractivity contribution in [3.8, 4) is 0 Å². The highest BCUT2D eigenvalue weighted by atomic mass is 32.2. The monoisotopic (exact) mass is 201 g/mol. The molecule has 4 heteroatoms. The van der Waals surface area contributed by atoms with Crippen LogP contribution in [-0.4, -0.2) is 17.5 Å². The third kappa shape index (κ3) is 2.69. The van der Waals surface area contributed by atoms with Gasteiger partial charge >= 0.3 is 0 Å². The molecule has 2 nitrogen and oxygen atoms in total. The van der Waals surface area contributed by atoms with Gasteiger partial charge in [0.15, 0.2) is 0 Å². The van der Waals surface area contributed by atoms with Gasteiger partial charge in [0.2, 0.25) is 0 Å². The van der Waals surface area contributed by atoms with Gasteiger partial charge in [0.1, 0.15) is 5.82 Å². The maximum atomic E-state index is 13.1. The van der Waals surface area contributed by atoms with Crippen LogP contribution in [0.1, 0.15) is 5.56 Å². The fraction of sp³-hybridized carbons (Fsp3) is 0.333. The van der Waals surface area contributed by atoms with Crippen molar-refractivity contribution in [2.75, 3.05) is 12.4 Å². The normalized spacial score (nSPS) is 10.4. The third-order valence-electron chi connectivity index (χ3n) is 1.63. The molecule has 0 fully saturated rings. The molecule has 0 aliphatic rings. The first kappa shape index (κ1) is 10.5. The molecule has 0 radical (unpaired) electrons. The van der Waals surface area contributed by atoms with E-state index in [0.29, 0.717) is 11.3 Å². The van der Waals surface area contributed by atoms with Gasteiger partial charge in [-0.15, -0.1) is 11.8 Å². The molecule has 0 amide bonds. The van der Waals surface area contributed by atoms with Crippen LogP contribution in [0.3, 0.4) is 0 Å². The molecule has 3 N–H and O–H groups in total. The predicted molar refractivity (Wildman–Crippen MR) is 52.1 cm³/mol. The Kier molecular flexibility index (Phi) is 4.21. The van der Waals surface area contributed by atoms with Crippen LogP contribution in [0.2, 0.25) is 0 Å². The minimum Gasteiger partial charge on any atom is -0.396 e. The van der Waals surface area contributed by atoms with Crippen molar-refractivity contribution >= 4 is 11.8 Å². The molecule has 72 valence electrons. The first-order chi connectivity index (χ1) is 6.29. The molecular weight excluding hydrogens is 189 g/mol. The lowest BCUT2D eigenvalue weighted by Crippen LogP contribution is -2.02. The second-order valence-electron chi connectivity index (χ2n) is 2.49. The van der Waals surface area contributed by atoms with E-state index in [1.54, 1.807) is 6.07 Å². The Labute approximate surface area is 80.9 Å². The number of aliphatic hydroxyl groups is 1. The van der Waals surface area contributed by atoms with Crippen LogP contribution in [0.15, 0.2) is 23.1 Å². The van der Waals surface area contributed by atoms with Gasteiger partial charge in [-0.1, -0.05) is 6.07 Å². The molecule has 0 aromatic heterocycles. The van der Waals surface area contributed by atoms with Crippen LogP contribution < -0.4 is 5.73 Å². The molecule has 0 bridgehead atoms. The van der Waals surface area contributed by atoms with Gasteiger partial charge in [-0.05, 0) is 12.1 Å². The molecule has 0 unspecified atom stereocenters. The molecule has 0 aliphatic carbocycles. The lowest BCUT2D eigenvalue weighted by atomic mass is 10.2. The van der Waals surface area contributed by atoms with Crippen molar-refractivity contribution in [1.82, 2.24) is 0 Å². The van der Waals surface area contributed by atoms with Crippen molar-refractivity contribution in [3.63, 3.8) is 0 Å². The van der Waals surface area contributed by atoms with Gasteiger partial charge in [0.25, 0.3) is 0 Å². The average Bonchev–Trinajstić information content (AvgIpc) is 2.15. The van der Waals surface area contributed by atoms with Gasteiger partial charge in [0.05, 0.1) is 6.61 Å². The number of hydrogen-bond acceptors (Lipinski definition) is 3. The van der Waals surface area contributed by atoms with E-state index in [1.165, 1.54) is 17.8 Å². The van der Waals surface area contributed by atoms with Crippen LogP contribution in [0.4, 0.5) is 4.39 Å². The summed E-state index contributed by atoms with van der Waals surface area (Å²) in [6, 6.07) is 4.85. The number of hydrogen-bond donors (Lipinski definition) is 2. The van der Waals surface area contributed by atoms with Crippen LogP contribution >= 0.6 is 11.8 Å². The van der Waals surface area contributed by atoms with E-state index in [1.807, 2.05) is 6.07 Å². The van der Waals surface area contributed by atoms with Gasteiger partial charge in [-0.25, -0.2) is 4.39 Å². The minimum atomic E-state index is -0.273. The van der Waals surface area contributed by atoms with Gasteiger partial charge in [-0.2, -0.15) is 0 Å². The zero-order valence-electron chi connectivity index (χ0n) is 7.16. The summed E-state index contributed by atoms with van der Waals surface area (Å²) in [4.78, 5) is 0.816. The molecule has 0 atom stereocenters. The quantitative estimate of drug-likeness (QED) is 0.723. The van der Waals surface area contributed by atoms with Gasteiger partial charge < -0.3 is 10.8 Å². The Morgan fingerprint density at radius 3 is 2.85 bits per heavy atom. The zero-order valence-corrected chi connectivity index (χ0v) is 7.98. The fourth-order valence-corrected chi connectivity index (χ4v) is 1.87. The Hall–Kier alpha value is -0.580. The van der Waals surface area contributed by atoms with Crippen molar-refractivity contribution < 1.29 is 9.50 Å². The Balaban J connectivity index is 2.85. The second kappa shape index (κ2) is 5.21. The van der Waals surface area contributed by atoms with E-state index in [2.05, 4.69) is 0 Å². The molecule has 1 aromatic rings. The van der Waals surface area contributed by atoms with Crippen LogP contribution in [-0.2, 0) is 6.54 Å². The maximum absolute atomic E-state index is 13.1. The lowest BCUT2D eigenvalue weighted by Gasteiger charge is -2.06. The molecule has 0 aliphatic heterocycles. The molecule has 13 heavy (non-hydrogen) atoms. The van der Waals surface area contributed by atoms with E-state index in [9.17, 15) is 4.39 Å². The highest BCUT2D eigenvalue weighted by molar-refractivity contribution is 7.99. The number of nitrogens with two attached hydrogens (primary N) is 1. The Morgan fingerprint density at radius 1 is 1.46 bits per heavy atom. The SMILES string of the molecule is NCc1c(F)cccc1SCCO. The molecular formula is C9H12FNOS. The summed E-state index contributed by atoms with van der Waals surface area (Å²) in [7, 11) is 0. The summed E-state index contributed by atoms with van der Waals surface area (Å²) in [5, 5.41) is 8.61. The molecule has 1 aromatic carbocycles. The summed E-state index contributed by atoms with van der Waals surface area (Å²) in [6.45, 7) is 0.283. The van der Waals surface area contributed by atoms with E-state index >= 15 is 0 Å². The third-order valence-corrected chi connectivity index (χ3v) is 2.71. The number of halogens is 1. The molecule has 0 saturated heterocycles. The Bertz CT molecular complexity index is 280. The van der Waals surface area contributed by atoms with Crippen LogP contribution in [0, 0.1) is 5.82 Å². The topological polar surface area (TPSA) is 46.2 Å². The van der Waals surface area contributed by atoms with Gasteiger partial charge in [0, 0.05) is 22.8 Å². The second-order valence-corrected chi connectivity index (χ2v) is 3.63. The molecule has 0 spiro atoms. The smallest absolute Gasteiger partial charge is 0.128 e. The Morgan fingerprint density at radius 2 is 2.23 bits per heavy atom. The van der Waals surface area contributed by atoms with Crippen molar-refractivity contribution in [2.24, 2.45) is 5.73 Å². The highest BCUT2D eigenvalue weighted by Gasteiger charge is 2.05. The number of benzene rings is 1. The first-order valence-electron chi connectivity index (χ1n) is 4.00. The van der Waals surface area contributed by atoms with E-state index < -0.39 is 0 Å². The maximum Gasteiger partial charge on any atom is 0.128 e. The predicted octanol–water partition coefficient (Wildman–Crippen LogP) is 1.37. The molecule has 1 rings (SSSR count). The zero-order chi connectivity index (χ0) is 9.68. The number of thioether (sulfide) groups is 1. The summed E-state index contributed by atoms with van der Waals surface area (Å²) in [5.41, 5.74) is 5.94. The van der Waals surface area contributed by atoms with Gasteiger partial charge in [-0.3, -0.25) is 0 Å². The van der Waals surface area contributed by atoms with Crippen LogP contribution in [0.25, 0.3) is 0 Å². The molecule has 0 saturated carbocycles. The standard InChI is InChI=1S/C9H12FNOS/c10-8-2-1-3-9(7(8)6-11)13-5-4-12/h1-3,12H,4-6,11H2. The summed E-state index contributed by atoms with van der Waals surface area (Å²) >= 11 is 1.42. The largest absolute Gasteiger partial charge is 0.396 e. The fourth-order valence-electron chi connectivity index (χ4n) is 1.03. The summed E-state index contributed by atoms with van der Waals surface area (Å²) < 4.78 is 13.1. The molecule has 0 heterocycles. The first-order valence-corrected chi connectivity index (χ1v) is 4.99. The van der Waals surface area contributed by atoms with Crippen molar-refractivity contribution in [1.29, 1.82) is 0 Å². The van der Waals surface area contributed by atoms with Crippen molar-refractivity contribution in [2.45, 2.75) is 11.4 Å². The summed E-state index contributed by atoms with van der Waals surface area (Å²) in [6.07, 6.45) is 0. The number of rotatable bonds is 4. The average molecular weight is 201 g/mol. The van der Waals surface area contributed by atoms with Crippen molar-refractivity contribution in [3.05, 3.63) is 29.6 Å². The summed E-state index contributed by atoms with van der Waals surface area (Å²) in [5.74, 6) is 0.293. The van der Waals surface area contributed by atoms with Crippen LogP contribution in [0.5, 0.6) is 0 Å². The lowest BCUT2D eigenvalue weighted by molar-refractivity contribution is 0.322.